The van der Waals surface area contributed by atoms with Crippen LogP contribution in [0.2, 0.25) is 0 Å². The third-order valence-electron chi connectivity index (χ3n) is 2.48. The molecule has 0 atom stereocenters. The SMILES string of the molecule is CC(=O)Nc1ccc(OS(=O)(=O)c2ccc(Br)cc2)cc1. The van der Waals surface area contributed by atoms with E-state index in [1.165, 1.54) is 31.2 Å². The van der Waals surface area contributed by atoms with Crippen LogP contribution >= 0.6 is 15.9 Å². The van der Waals surface area contributed by atoms with Crippen LogP contribution in [0, 0.1) is 0 Å². The molecular formula is C14H12BrNO4S. The van der Waals surface area contributed by atoms with Gasteiger partial charge in [-0.25, -0.2) is 0 Å². The summed E-state index contributed by atoms with van der Waals surface area (Å²) in [6.45, 7) is 1.39. The third-order valence-corrected chi connectivity index (χ3v) is 4.27. The van der Waals surface area contributed by atoms with Crippen molar-refractivity contribution in [3.8, 4) is 5.75 Å². The normalized spacial score (nSPS) is 11.0. The summed E-state index contributed by atoms with van der Waals surface area (Å²) in [5.74, 6) is -0.0295. The smallest absolute Gasteiger partial charge is 0.339 e. The number of rotatable bonds is 4. The lowest BCUT2D eigenvalue weighted by Crippen LogP contribution is -2.10. The first-order valence-corrected chi connectivity index (χ1v) is 8.15. The van der Waals surface area contributed by atoms with Crippen LogP contribution in [0.3, 0.4) is 0 Å². The Morgan fingerprint density at radius 2 is 1.62 bits per heavy atom. The Bertz CT molecular complexity index is 740. The molecule has 110 valence electrons. The number of amides is 1. The fourth-order valence-corrected chi connectivity index (χ4v) is 2.77. The molecule has 0 spiro atoms. The number of hydrogen-bond donors (Lipinski definition) is 1. The molecule has 2 rings (SSSR count). The van der Waals surface area contributed by atoms with E-state index in [0.717, 1.165) is 4.47 Å². The highest BCUT2D eigenvalue weighted by molar-refractivity contribution is 9.10. The lowest BCUT2D eigenvalue weighted by Gasteiger charge is -2.08. The average molecular weight is 370 g/mol. The van der Waals surface area contributed by atoms with Gasteiger partial charge in [-0.1, -0.05) is 15.9 Å². The minimum atomic E-state index is -3.87. The van der Waals surface area contributed by atoms with Crippen molar-refractivity contribution < 1.29 is 17.4 Å². The Labute approximate surface area is 131 Å². The molecule has 7 heteroatoms. The van der Waals surface area contributed by atoms with Crippen LogP contribution < -0.4 is 9.50 Å². The molecule has 1 N–H and O–H groups in total. The van der Waals surface area contributed by atoms with Gasteiger partial charge in [0, 0.05) is 17.1 Å². The van der Waals surface area contributed by atoms with E-state index < -0.39 is 10.1 Å². The second-order valence-electron chi connectivity index (χ2n) is 4.20. The Balaban J connectivity index is 2.16. The van der Waals surface area contributed by atoms with Crippen molar-refractivity contribution in [1.82, 2.24) is 0 Å². The molecule has 21 heavy (non-hydrogen) atoms. The van der Waals surface area contributed by atoms with Gasteiger partial charge in [-0.3, -0.25) is 4.79 Å². The summed E-state index contributed by atoms with van der Waals surface area (Å²) in [4.78, 5) is 11.0. The quantitative estimate of drug-likeness (QED) is 0.840. The lowest BCUT2D eigenvalue weighted by atomic mass is 10.3. The topological polar surface area (TPSA) is 72.5 Å². The first kappa shape index (κ1) is 15.5. The van der Waals surface area contributed by atoms with Gasteiger partial charge >= 0.3 is 10.1 Å². The monoisotopic (exact) mass is 369 g/mol. The van der Waals surface area contributed by atoms with Crippen LogP contribution in [0.5, 0.6) is 5.75 Å². The van der Waals surface area contributed by atoms with Gasteiger partial charge in [0.2, 0.25) is 5.91 Å². The second kappa shape index (κ2) is 6.28. The number of carbonyl (C=O) groups is 1. The van der Waals surface area contributed by atoms with Crippen molar-refractivity contribution in [2.45, 2.75) is 11.8 Å². The standard InChI is InChI=1S/C14H12BrNO4S/c1-10(17)16-12-4-6-13(7-5-12)20-21(18,19)14-8-2-11(15)3-9-14/h2-9H,1H3,(H,16,17). The molecule has 1 amide bonds. The van der Waals surface area contributed by atoms with Crippen LogP contribution in [0.1, 0.15) is 6.92 Å². The van der Waals surface area contributed by atoms with Gasteiger partial charge in [0.15, 0.2) is 0 Å². The zero-order valence-electron chi connectivity index (χ0n) is 11.0. The predicted molar refractivity (Wildman–Crippen MR) is 82.7 cm³/mol. The highest BCUT2D eigenvalue weighted by Gasteiger charge is 2.16. The minimum Gasteiger partial charge on any atom is -0.379 e. The van der Waals surface area contributed by atoms with Gasteiger partial charge < -0.3 is 9.50 Å². The van der Waals surface area contributed by atoms with E-state index >= 15 is 0 Å². The van der Waals surface area contributed by atoms with Crippen LogP contribution in [0.15, 0.2) is 57.9 Å². The summed E-state index contributed by atoms with van der Waals surface area (Å²) < 4.78 is 29.9. The first-order valence-electron chi connectivity index (χ1n) is 5.94. The molecule has 0 aliphatic carbocycles. The number of nitrogens with one attached hydrogen (secondary N) is 1. The van der Waals surface area contributed by atoms with Gasteiger partial charge in [-0.05, 0) is 48.5 Å². The molecule has 0 saturated carbocycles. The number of benzene rings is 2. The van der Waals surface area contributed by atoms with Gasteiger partial charge in [-0.2, -0.15) is 8.42 Å². The highest BCUT2D eigenvalue weighted by atomic mass is 79.9. The molecule has 0 unspecified atom stereocenters. The number of anilines is 1. The molecule has 0 bridgehead atoms. The van der Waals surface area contributed by atoms with Crippen LogP contribution in [0.4, 0.5) is 5.69 Å². The molecule has 0 aliphatic rings. The highest BCUT2D eigenvalue weighted by Crippen LogP contribution is 2.22. The van der Waals surface area contributed by atoms with E-state index in [1.807, 2.05) is 0 Å². The van der Waals surface area contributed by atoms with Crippen molar-refractivity contribution in [2.24, 2.45) is 0 Å². The molecule has 2 aromatic rings. The fraction of sp³-hybridized carbons (Fsp3) is 0.0714. The van der Waals surface area contributed by atoms with E-state index in [9.17, 15) is 13.2 Å². The Hall–Kier alpha value is -1.86. The van der Waals surface area contributed by atoms with Gasteiger partial charge in [0.1, 0.15) is 10.6 Å². The molecule has 0 aliphatic heterocycles. The van der Waals surface area contributed by atoms with Gasteiger partial charge in [0.05, 0.1) is 0 Å². The van der Waals surface area contributed by atoms with Crippen LogP contribution in [-0.2, 0) is 14.9 Å². The second-order valence-corrected chi connectivity index (χ2v) is 6.66. The van der Waals surface area contributed by atoms with E-state index in [2.05, 4.69) is 21.2 Å². The summed E-state index contributed by atoms with van der Waals surface area (Å²) >= 11 is 3.24. The fourth-order valence-electron chi connectivity index (χ4n) is 1.57. The minimum absolute atomic E-state index is 0.0663. The van der Waals surface area contributed by atoms with E-state index in [1.54, 1.807) is 24.3 Å². The summed E-state index contributed by atoms with van der Waals surface area (Å²) in [5, 5.41) is 2.58. The molecule has 0 aromatic heterocycles. The van der Waals surface area contributed by atoms with Crippen LogP contribution in [-0.4, -0.2) is 14.3 Å². The Morgan fingerprint density at radius 3 is 2.14 bits per heavy atom. The molecule has 2 aromatic carbocycles. The number of carbonyl (C=O) groups excluding carboxylic acids is 1. The zero-order valence-corrected chi connectivity index (χ0v) is 13.4. The molecule has 0 saturated heterocycles. The van der Waals surface area contributed by atoms with E-state index in [4.69, 9.17) is 4.18 Å². The number of halogens is 1. The summed E-state index contributed by atoms with van der Waals surface area (Å²) in [6.07, 6.45) is 0. The van der Waals surface area contributed by atoms with E-state index in [0.29, 0.717) is 5.69 Å². The Morgan fingerprint density at radius 1 is 1.05 bits per heavy atom. The molecule has 5 nitrogen and oxygen atoms in total. The van der Waals surface area contributed by atoms with Crippen molar-refractivity contribution in [2.75, 3.05) is 5.32 Å². The van der Waals surface area contributed by atoms with Crippen LogP contribution in [0.25, 0.3) is 0 Å². The van der Waals surface area contributed by atoms with E-state index in [-0.39, 0.29) is 16.6 Å². The van der Waals surface area contributed by atoms with Crippen molar-refractivity contribution in [3.63, 3.8) is 0 Å². The first-order chi connectivity index (χ1) is 9.87. The summed E-state index contributed by atoms with van der Waals surface area (Å²) in [7, 11) is -3.87. The van der Waals surface area contributed by atoms with Crippen molar-refractivity contribution >= 4 is 37.6 Å². The zero-order chi connectivity index (χ0) is 15.5. The Kier molecular flexibility index (Phi) is 4.64. The largest absolute Gasteiger partial charge is 0.379 e. The molecular weight excluding hydrogens is 358 g/mol. The van der Waals surface area contributed by atoms with Crippen molar-refractivity contribution in [3.05, 3.63) is 53.0 Å². The predicted octanol–water partition coefficient (Wildman–Crippen LogP) is 3.18. The third kappa shape index (κ3) is 4.30. The number of hydrogen-bond acceptors (Lipinski definition) is 4. The molecule has 0 radical (unpaired) electrons. The summed E-state index contributed by atoms with van der Waals surface area (Å²) in [6, 6.07) is 12.2. The maximum Gasteiger partial charge on any atom is 0.339 e. The van der Waals surface area contributed by atoms with Crippen molar-refractivity contribution in [1.29, 1.82) is 0 Å². The van der Waals surface area contributed by atoms with Gasteiger partial charge in [-0.15, -0.1) is 0 Å². The maximum atomic E-state index is 12.1. The average Bonchev–Trinajstić information content (AvgIpc) is 2.40. The van der Waals surface area contributed by atoms with Gasteiger partial charge in [0.25, 0.3) is 0 Å². The summed E-state index contributed by atoms with van der Waals surface area (Å²) in [5.41, 5.74) is 0.566. The lowest BCUT2D eigenvalue weighted by molar-refractivity contribution is -0.114. The maximum absolute atomic E-state index is 12.1. The molecule has 0 heterocycles. The molecule has 0 fully saturated rings.